The fourth-order valence-corrected chi connectivity index (χ4v) is 1.34. The maximum absolute atomic E-state index is 11.3. The smallest absolute Gasteiger partial charge is 0.258 e. The minimum absolute atomic E-state index is 0.0187. The highest BCUT2D eigenvalue weighted by Gasteiger charge is 2.09. The molecule has 20 heavy (non-hydrogen) atoms. The van der Waals surface area contributed by atoms with E-state index in [0.29, 0.717) is 18.8 Å². The predicted molar refractivity (Wildman–Crippen MR) is 79.5 cm³/mol. The van der Waals surface area contributed by atoms with Crippen molar-refractivity contribution in [2.45, 2.75) is 32.9 Å². The summed E-state index contributed by atoms with van der Waals surface area (Å²) in [5.74, 6) is 0.404. The summed E-state index contributed by atoms with van der Waals surface area (Å²) in [7, 11) is 0. The van der Waals surface area contributed by atoms with Crippen LogP contribution in [0.2, 0.25) is 0 Å². The highest BCUT2D eigenvalue weighted by atomic mass is 16.5. The van der Waals surface area contributed by atoms with E-state index in [-0.39, 0.29) is 18.1 Å². The summed E-state index contributed by atoms with van der Waals surface area (Å²) in [5, 5.41) is 5.99. The molecule has 110 valence electrons. The Labute approximate surface area is 120 Å². The molecule has 0 fully saturated rings. The van der Waals surface area contributed by atoms with Crippen LogP contribution in [0.25, 0.3) is 0 Å². The van der Waals surface area contributed by atoms with Crippen LogP contribution in [0, 0.1) is 0 Å². The number of ether oxygens (including phenoxy) is 1. The number of rotatable bonds is 7. The zero-order valence-electron chi connectivity index (χ0n) is 12.4. The molecular formula is C15H23N3O2. The topological polar surface area (TPSA) is 63.2 Å². The van der Waals surface area contributed by atoms with Crippen molar-refractivity contribution in [3.05, 3.63) is 36.7 Å². The third-order valence-electron chi connectivity index (χ3n) is 2.41. The number of hydrogen-bond donors (Lipinski definition) is 2. The summed E-state index contributed by atoms with van der Waals surface area (Å²) in [5.41, 5.74) is 0.989. The van der Waals surface area contributed by atoms with Gasteiger partial charge in [0.2, 0.25) is 0 Å². The second-order valence-electron chi connectivity index (χ2n) is 5.47. The van der Waals surface area contributed by atoms with Crippen molar-refractivity contribution in [3.8, 4) is 5.75 Å². The lowest BCUT2D eigenvalue weighted by molar-refractivity contribution is -0.122. The van der Waals surface area contributed by atoms with Gasteiger partial charge in [-0.05, 0) is 32.9 Å². The summed E-state index contributed by atoms with van der Waals surface area (Å²) >= 11 is 0. The molecule has 1 amide bonds. The van der Waals surface area contributed by atoms with Crippen LogP contribution in [0.4, 0.5) is 0 Å². The third kappa shape index (κ3) is 6.89. The molecule has 1 rings (SSSR count). The first-order chi connectivity index (χ1) is 9.40. The molecule has 0 saturated carbocycles. The zero-order valence-corrected chi connectivity index (χ0v) is 12.4. The Morgan fingerprint density at radius 2 is 2.20 bits per heavy atom. The molecule has 0 unspecified atom stereocenters. The summed E-state index contributed by atoms with van der Waals surface area (Å²) in [6, 6.07) is 3.70. The maximum Gasteiger partial charge on any atom is 0.258 e. The van der Waals surface area contributed by atoms with Crippen molar-refractivity contribution >= 4 is 5.91 Å². The van der Waals surface area contributed by atoms with Crippen LogP contribution in [-0.4, -0.2) is 29.6 Å². The minimum atomic E-state index is -0.177. The number of nitrogens with zero attached hydrogens (tertiary/aromatic N) is 1. The molecule has 2 N–H and O–H groups in total. The van der Waals surface area contributed by atoms with Crippen LogP contribution >= 0.6 is 0 Å². The monoisotopic (exact) mass is 277 g/mol. The first kappa shape index (κ1) is 16.2. The normalized spacial score (nSPS) is 10.9. The van der Waals surface area contributed by atoms with Crippen LogP contribution in [-0.2, 0) is 11.3 Å². The Kier molecular flexibility index (Phi) is 6.18. The quantitative estimate of drug-likeness (QED) is 0.744. The minimum Gasteiger partial charge on any atom is -0.482 e. The highest BCUT2D eigenvalue weighted by molar-refractivity contribution is 5.77. The van der Waals surface area contributed by atoms with Gasteiger partial charge in [0.05, 0.1) is 11.9 Å². The number of carbonyl (C=O) groups excluding carboxylic acids is 1. The van der Waals surface area contributed by atoms with E-state index < -0.39 is 0 Å². The van der Waals surface area contributed by atoms with E-state index in [1.807, 2.05) is 12.1 Å². The number of hydrogen-bond acceptors (Lipinski definition) is 4. The molecule has 0 saturated heterocycles. The van der Waals surface area contributed by atoms with Crippen LogP contribution in [0.15, 0.2) is 31.0 Å². The molecule has 1 aromatic rings. The second-order valence-corrected chi connectivity index (χ2v) is 5.47. The molecule has 0 aromatic carbocycles. The van der Waals surface area contributed by atoms with Gasteiger partial charge in [0.1, 0.15) is 5.75 Å². The van der Waals surface area contributed by atoms with Crippen molar-refractivity contribution in [1.82, 2.24) is 15.6 Å². The zero-order chi connectivity index (χ0) is 15.0. The van der Waals surface area contributed by atoms with Gasteiger partial charge >= 0.3 is 0 Å². The van der Waals surface area contributed by atoms with Gasteiger partial charge in [-0.1, -0.05) is 6.08 Å². The number of pyridine rings is 1. The largest absolute Gasteiger partial charge is 0.482 e. The van der Waals surface area contributed by atoms with Gasteiger partial charge in [0.25, 0.3) is 5.91 Å². The predicted octanol–water partition coefficient (Wildman–Crippen LogP) is 1.65. The summed E-state index contributed by atoms with van der Waals surface area (Å²) in [4.78, 5) is 15.6. The van der Waals surface area contributed by atoms with Gasteiger partial charge in [-0.2, -0.15) is 0 Å². The number of amides is 1. The molecule has 0 atom stereocenters. The van der Waals surface area contributed by atoms with E-state index in [9.17, 15) is 4.79 Å². The number of aromatic nitrogens is 1. The van der Waals surface area contributed by atoms with Gasteiger partial charge in [0, 0.05) is 18.6 Å². The Bertz CT molecular complexity index is 435. The lowest BCUT2D eigenvalue weighted by Crippen LogP contribution is -2.35. The maximum atomic E-state index is 11.3. The van der Waals surface area contributed by atoms with Crippen LogP contribution < -0.4 is 15.4 Å². The summed E-state index contributed by atoms with van der Waals surface area (Å²) in [6.45, 7) is 11.0. The highest BCUT2D eigenvalue weighted by Crippen LogP contribution is 2.10. The molecule has 0 radical (unpaired) electrons. The standard InChI is InChI=1S/C15H23N3O2/c1-5-8-16-14(19)11-20-13-7-6-12(17-10-13)9-18-15(2,3)4/h5-7,10,18H,1,8-9,11H2,2-4H3,(H,16,19). The molecule has 5 nitrogen and oxygen atoms in total. The van der Waals surface area contributed by atoms with Crippen LogP contribution in [0.3, 0.4) is 0 Å². The average Bonchev–Trinajstić information content (AvgIpc) is 2.41. The van der Waals surface area contributed by atoms with Gasteiger partial charge < -0.3 is 15.4 Å². The first-order valence-electron chi connectivity index (χ1n) is 6.61. The number of carbonyl (C=O) groups is 1. The molecule has 0 spiro atoms. The fraction of sp³-hybridized carbons (Fsp3) is 0.467. The molecule has 0 aliphatic heterocycles. The molecule has 0 aliphatic carbocycles. The van der Waals surface area contributed by atoms with Crippen molar-refractivity contribution < 1.29 is 9.53 Å². The van der Waals surface area contributed by atoms with Crippen LogP contribution in [0.5, 0.6) is 5.75 Å². The first-order valence-corrected chi connectivity index (χ1v) is 6.61. The Morgan fingerprint density at radius 1 is 1.45 bits per heavy atom. The second kappa shape index (κ2) is 7.65. The SMILES string of the molecule is C=CCNC(=O)COc1ccc(CNC(C)(C)C)nc1. The van der Waals surface area contributed by atoms with Gasteiger partial charge in [-0.3, -0.25) is 9.78 Å². The Hall–Kier alpha value is -1.88. The van der Waals surface area contributed by atoms with Gasteiger partial charge in [-0.25, -0.2) is 0 Å². The summed E-state index contributed by atoms with van der Waals surface area (Å²) in [6.07, 6.45) is 3.25. The molecular weight excluding hydrogens is 254 g/mol. The lowest BCUT2D eigenvalue weighted by atomic mass is 10.1. The van der Waals surface area contributed by atoms with Crippen LogP contribution in [0.1, 0.15) is 26.5 Å². The van der Waals surface area contributed by atoms with E-state index in [1.54, 1.807) is 12.3 Å². The van der Waals surface area contributed by atoms with Crippen molar-refractivity contribution in [3.63, 3.8) is 0 Å². The molecule has 1 aromatic heterocycles. The van der Waals surface area contributed by atoms with Crippen molar-refractivity contribution in [2.75, 3.05) is 13.2 Å². The van der Waals surface area contributed by atoms with Gasteiger partial charge in [0.15, 0.2) is 6.61 Å². The third-order valence-corrected chi connectivity index (χ3v) is 2.41. The Balaban J connectivity index is 2.38. The van der Waals surface area contributed by atoms with E-state index in [4.69, 9.17) is 4.74 Å². The van der Waals surface area contributed by atoms with E-state index >= 15 is 0 Å². The lowest BCUT2D eigenvalue weighted by Gasteiger charge is -2.20. The Morgan fingerprint density at radius 3 is 2.75 bits per heavy atom. The molecule has 0 bridgehead atoms. The van der Waals surface area contributed by atoms with Gasteiger partial charge in [-0.15, -0.1) is 6.58 Å². The van der Waals surface area contributed by atoms with Crippen molar-refractivity contribution in [1.29, 1.82) is 0 Å². The molecule has 1 heterocycles. The van der Waals surface area contributed by atoms with E-state index in [0.717, 1.165) is 5.69 Å². The average molecular weight is 277 g/mol. The van der Waals surface area contributed by atoms with Crippen molar-refractivity contribution in [2.24, 2.45) is 0 Å². The van der Waals surface area contributed by atoms with E-state index in [1.165, 1.54) is 0 Å². The number of nitrogens with one attached hydrogen (secondary N) is 2. The van der Waals surface area contributed by atoms with E-state index in [2.05, 4.69) is 43.0 Å². The summed E-state index contributed by atoms with van der Waals surface area (Å²) < 4.78 is 5.34. The molecule has 5 heteroatoms. The fourth-order valence-electron chi connectivity index (χ4n) is 1.34. The molecule has 0 aliphatic rings.